The molecule has 31 heavy (non-hydrogen) atoms. The Kier molecular flexibility index (Phi) is 5.85. The summed E-state index contributed by atoms with van der Waals surface area (Å²) in [5.74, 6) is -0.274. The van der Waals surface area contributed by atoms with Crippen LogP contribution in [0, 0.1) is 0 Å². The van der Waals surface area contributed by atoms with Crippen LogP contribution < -0.4 is 5.32 Å². The number of benzene rings is 2. The largest absolute Gasteiger partial charge is 0.416 e. The lowest BCUT2D eigenvalue weighted by atomic mass is 10.1. The van der Waals surface area contributed by atoms with E-state index in [2.05, 4.69) is 15.3 Å². The summed E-state index contributed by atoms with van der Waals surface area (Å²) >= 11 is 1.29. The number of carbonyl (C=O) groups excluding carboxylic acids is 1. The molecule has 0 bridgehead atoms. The van der Waals surface area contributed by atoms with Crippen LogP contribution in [-0.2, 0) is 19.1 Å². The molecule has 0 unspecified atom stereocenters. The molecule has 0 saturated carbocycles. The van der Waals surface area contributed by atoms with Crippen LogP contribution in [0.15, 0.2) is 73.4 Å². The molecule has 2 aromatic heterocycles. The van der Waals surface area contributed by atoms with Crippen molar-refractivity contribution in [3.63, 3.8) is 0 Å². The molecule has 0 saturated heterocycles. The lowest BCUT2D eigenvalue weighted by Crippen LogP contribution is -2.11. The number of thiazole rings is 1. The number of rotatable bonds is 6. The second kappa shape index (κ2) is 8.73. The monoisotopic (exact) mass is 442 g/mol. The molecule has 158 valence electrons. The minimum absolute atomic E-state index is 0.274. The number of nitrogens with zero attached hydrogens (tertiary/aromatic N) is 3. The van der Waals surface area contributed by atoms with Crippen LogP contribution in [0.4, 0.5) is 18.3 Å². The van der Waals surface area contributed by atoms with E-state index in [0.29, 0.717) is 23.7 Å². The highest BCUT2D eigenvalue weighted by Crippen LogP contribution is 2.30. The standard InChI is InChI=1S/C22H17F3N4OS/c23-22(24,25)18-7-3-15(4-8-18)11-19-12-27-21(31-19)28-20(30)17-5-1-16(2-6-17)13-29-10-9-26-14-29/h1-10,12,14H,11,13H2,(H,27,28,30). The first-order chi connectivity index (χ1) is 14.9. The normalized spacial score (nSPS) is 11.5. The van der Waals surface area contributed by atoms with Gasteiger partial charge in [-0.15, -0.1) is 11.3 Å². The number of amides is 1. The summed E-state index contributed by atoms with van der Waals surface area (Å²) in [6.07, 6.45) is 3.01. The van der Waals surface area contributed by atoms with Crippen molar-refractivity contribution in [2.45, 2.75) is 19.1 Å². The number of alkyl halides is 3. The molecule has 0 radical (unpaired) electrons. The van der Waals surface area contributed by atoms with Crippen LogP contribution in [0.2, 0.25) is 0 Å². The number of aromatic nitrogens is 3. The zero-order valence-electron chi connectivity index (χ0n) is 16.1. The first kappa shape index (κ1) is 20.8. The van der Waals surface area contributed by atoms with E-state index in [1.807, 2.05) is 22.9 Å². The number of imidazole rings is 1. The van der Waals surface area contributed by atoms with Crippen molar-refractivity contribution in [3.05, 3.63) is 101 Å². The minimum Gasteiger partial charge on any atom is -0.333 e. The van der Waals surface area contributed by atoms with Crippen molar-refractivity contribution in [1.82, 2.24) is 14.5 Å². The Bertz CT molecular complexity index is 1150. The highest BCUT2D eigenvalue weighted by atomic mass is 32.1. The molecule has 0 atom stereocenters. The third kappa shape index (κ3) is 5.37. The minimum atomic E-state index is -4.35. The van der Waals surface area contributed by atoms with E-state index in [1.165, 1.54) is 23.5 Å². The SMILES string of the molecule is O=C(Nc1ncc(Cc2ccc(C(F)(F)F)cc2)s1)c1ccc(Cn2ccnc2)cc1. The molecule has 2 aromatic carbocycles. The van der Waals surface area contributed by atoms with Gasteiger partial charge in [-0.3, -0.25) is 10.1 Å². The fraction of sp³-hybridized carbons (Fsp3) is 0.136. The Morgan fingerprint density at radius 2 is 1.74 bits per heavy atom. The maximum Gasteiger partial charge on any atom is 0.416 e. The van der Waals surface area contributed by atoms with Gasteiger partial charge in [0.2, 0.25) is 0 Å². The average molecular weight is 442 g/mol. The van der Waals surface area contributed by atoms with Gasteiger partial charge in [0.25, 0.3) is 5.91 Å². The van der Waals surface area contributed by atoms with Gasteiger partial charge < -0.3 is 4.57 Å². The van der Waals surface area contributed by atoms with E-state index in [1.54, 1.807) is 30.9 Å². The van der Waals surface area contributed by atoms with Crippen LogP contribution in [0.5, 0.6) is 0 Å². The first-order valence-electron chi connectivity index (χ1n) is 9.34. The number of hydrogen-bond acceptors (Lipinski definition) is 4. The van der Waals surface area contributed by atoms with E-state index in [9.17, 15) is 18.0 Å². The highest BCUT2D eigenvalue weighted by molar-refractivity contribution is 7.15. The Hall–Kier alpha value is -3.46. The van der Waals surface area contributed by atoms with Crippen molar-refractivity contribution in [2.75, 3.05) is 5.32 Å². The van der Waals surface area contributed by atoms with Crippen molar-refractivity contribution in [3.8, 4) is 0 Å². The second-order valence-corrected chi connectivity index (χ2v) is 8.00. The molecule has 1 amide bonds. The summed E-state index contributed by atoms with van der Waals surface area (Å²) in [7, 11) is 0. The van der Waals surface area contributed by atoms with Crippen molar-refractivity contribution < 1.29 is 18.0 Å². The molecular weight excluding hydrogens is 425 g/mol. The molecule has 0 aliphatic rings. The molecule has 0 aliphatic carbocycles. The van der Waals surface area contributed by atoms with Gasteiger partial charge in [0.05, 0.1) is 11.9 Å². The first-order valence-corrected chi connectivity index (χ1v) is 10.2. The number of halogens is 3. The van der Waals surface area contributed by atoms with Crippen LogP contribution in [-0.4, -0.2) is 20.4 Å². The Labute approximate surface area is 180 Å². The number of hydrogen-bond donors (Lipinski definition) is 1. The second-order valence-electron chi connectivity index (χ2n) is 6.89. The van der Waals surface area contributed by atoms with E-state index in [4.69, 9.17) is 0 Å². The van der Waals surface area contributed by atoms with Gasteiger partial charge in [-0.2, -0.15) is 13.2 Å². The van der Waals surface area contributed by atoms with E-state index in [0.717, 1.165) is 28.1 Å². The summed E-state index contributed by atoms with van der Waals surface area (Å²) in [5.41, 5.74) is 1.61. The van der Waals surface area contributed by atoms with Crippen molar-refractivity contribution in [1.29, 1.82) is 0 Å². The molecule has 1 N–H and O–H groups in total. The van der Waals surface area contributed by atoms with Gasteiger partial charge in [0, 0.05) is 42.0 Å². The van der Waals surface area contributed by atoms with Crippen LogP contribution in [0.3, 0.4) is 0 Å². The predicted octanol–water partition coefficient (Wildman–Crippen LogP) is 5.25. The maximum absolute atomic E-state index is 12.7. The molecular formula is C22H17F3N4OS. The Morgan fingerprint density at radius 1 is 1.03 bits per heavy atom. The molecule has 0 aliphatic heterocycles. The molecule has 9 heteroatoms. The fourth-order valence-electron chi connectivity index (χ4n) is 2.98. The average Bonchev–Trinajstić information content (AvgIpc) is 3.40. The molecule has 0 fully saturated rings. The topological polar surface area (TPSA) is 59.8 Å². The quantitative estimate of drug-likeness (QED) is 0.444. The third-order valence-electron chi connectivity index (χ3n) is 4.57. The van der Waals surface area contributed by atoms with Gasteiger partial charge in [-0.25, -0.2) is 9.97 Å². The summed E-state index contributed by atoms with van der Waals surface area (Å²) in [4.78, 5) is 21.5. The lowest BCUT2D eigenvalue weighted by molar-refractivity contribution is -0.137. The van der Waals surface area contributed by atoms with Crippen LogP contribution >= 0.6 is 11.3 Å². The maximum atomic E-state index is 12.7. The van der Waals surface area contributed by atoms with Gasteiger partial charge in [-0.1, -0.05) is 24.3 Å². The number of carbonyl (C=O) groups is 1. The Balaban J connectivity index is 1.35. The summed E-state index contributed by atoms with van der Waals surface area (Å²) in [6, 6.07) is 12.3. The summed E-state index contributed by atoms with van der Waals surface area (Å²) in [6.45, 7) is 0.668. The van der Waals surface area contributed by atoms with Crippen molar-refractivity contribution in [2.24, 2.45) is 0 Å². The fourth-order valence-corrected chi connectivity index (χ4v) is 3.82. The molecule has 5 nitrogen and oxygen atoms in total. The summed E-state index contributed by atoms with van der Waals surface area (Å²) in [5, 5.41) is 3.20. The smallest absolute Gasteiger partial charge is 0.333 e. The van der Waals surface area contributed by atoms with Crippen LogP contribution in [0.1, 0.15) is 31.9 Å². The number of nitrogens with one attached hydrogen (secondary N) is 1. The Morgan fingerprint density at radius 3 is 2.39 bits per heavy atom. The predicted molar refractivity (Wildman–Crippen MR) is 112 cm³/mol. The lowest BCUT2D eigenvalue weighted by Gasteiger charge is -2.07. The third-order valence-corrected chi connectivity index (χ3v) is 5.49. The number of anilines is 1. The zero-order valence-corrected chi connectivity index (χ0v) is 17.0. The molecule has 2 heterocycles. The zero-order chi connectivity index (χ0) is 21.8. The van der Waals surface area contributed by atoms with E-state index >= 15 is 0 Å². The van der Waals surface area contributed by atoms with E-state index < -0.39 is 11.7 Å². The van der Waals surface area contributed by atoms with Crippen LogP contribution in [0.25, 0.3) is 0 Å². The molecule has 0 spiro atoms. The molecule has 4 rings (SSSR count). The van der Waals surface area contributed by atoms with Crippen molar-refractivity contribution >= 4 is 22.4 Å². The van der Waals surface area contributed by atoms with Gasteiger partial charge in [0.15, 0.2) is 5.13 Å². The van der Waals surface area contributed by atoms with E-state index in [-0.39, 0.29) is 5.91 Å². The molecule has 4 aromatic rings. The highest BCUT2D eigenvalue weighted by Gasteiger charge is 2.29. The van der Waals surface area contributed by atoms with Gasteiger partial charge in [-0.05, 0) is 35.4 Å². The summed E-state index contributed by atoms with van der Waals surface area (Å²) < 4.78 is 39.9. The van der Waals surface area contributed by atoms with Gasteiger partial charge >= 0.3 is 6.18 Å². The van der Waals surface area contributed by atoms with Gasteiger partial charge in [0.1, 0.15) is 0 Å².